The van der Waals surface area contributed by atoms with Gasteiger partial charge in [-0.15, -0.1) is 0 Å². The Balaban J connectivity index is 1.18. The van der Waals surface area contributed by atoms with Crippen LogP contribution in [-0.2, 0) is 4.74 Å². The van der Waals surface area contributed by atoms with Gasteiger partial charge in [0.1, 0.15) is 5.82 Å². The van der Waals surface area contributed by atoms with Crippen molar-refractivity contribution in [1.29, 1.82) is 0 Å². The van der Waals surface area contributed by atoms with E-state index in [1.165, 1.54) is 11.6 Å². The second-order valence-electron chi connectivity index (χ2n) is 9.33. The van der Waals surface area contributed by atoms with Gasteiger partial charge in [0.15, 0.2) is 0 Å². The van der Waals surface area contributed by atoms with Gasteiger partial charge in [-0.05, 0) is 85.7 Å². The second kappa shape index (κ2) is 8.49. The summed E-state index contributed by atoms with van der Waals surface area (Å²) in [6.45, 7) is 6.41. The van der Waals surface area contributed by atoms with Crippen LogP contribution < -0.4 is 5.32 Å². The summed E-state index contributed by atoms with van der Waals surface area (Å²) in [6, 6.07) is 14.6. The van der Waals surface area contributed by atoms with E-state index in [1.54, 1.807) is 12.1 Å². The molecule has 3 nitrogen and oxygen atoms in total. The van der Waals surface area contributed by atoms with Crippen LogP contribution in [0.3, 0.4) is 0 Å². The Labute approximate surface area is 193 Å². The first-order valence-corrected chi connectivity index (χ1v) is 11.7. The molecule has 5 rings (SSSR count). The zero-order valence-corrected chi connectivity index (χ0v) is 19.0. The zero-order valence-electron chi connectivity index (χ0n) is 18.3. The van der Waals surface area contributed by atoms with Gasteiger partial charge >= 0.3 is 0 Å². The summed E-state index contributed by atoms with van der Waals surface area (Å²) in [5.41, 5.74) is 4.02. The van der Waals surface area contributed by atoms with E-state index >= 15 is 0 Å². The van der Waals surface area contributed by atoms with Crippen molar-refractivity contribution >= 4 is 28.2 Å². The first kappa shape index (κ1) is 21.4. The minimum atomic E-state index is -0.203. The fraction of sp³-hybridized carbons (Fsp3) is 0.370. The van der Waals surface area contributed by atoms with Gasteiger partial charge in [0.25, 0.3) is 0 Å². The molecule has 2 fully saturated rings. The Kier molecular flexibility index (Phi) is 5.68. The number of halogens is 2. The van der Waals surface area contributed by atoms with Gasteiger partial charge in [-0.2, -0.15) is 0 Å². The predicted octanol–water partition coefficient (Wildman–Crippen LogP) is 7.47. The summed E-state index contributed by atoms with van der Waals surface area (Å²) in [4.78, 5) is 4.40. The van der Waals surface area contributed by atoms with E-state index in [0.29, 0.717) is 5.92 Å². The molecule has 1 spiro atoms. The van der Waals surface area contributed by atoms with Crippen molar-refractivity contribution in [3.8, 4) is 0 Å². The van der Waals surface area contributed by atoms with Gasteiger partial charge in [-0.3, -0.25) is 4.98 Å². The number of rotatable bonds is 5. The summed E-state index contributed by atoms with van der Waals surface area (Å²) in [5.74, 6) is 0.446. The molecule has 2 aliphatic rings. The lowest BCUT2D eigenvalue weighted by Crippen LogP contribution is -2.54. The molecule has 1 aliphatic heterocycles. The van der Waals surface area contributed by atoms with E-state index in [1.807, 2.05) is 30.5 Å². The van der Waals surface area contributed by atoms with Gasteiger partial charge in [0.2, 0.25) is 0 Å². The van der Waals surface area contributed by atoms with E-state index in [2.05, 4.69) is 29.9 Å². The van der Waals surface area contributed by atoms with Crippen LogP contribution in [0.15, 0.2) is 67.0 Å². The quantitative estimate of drug-likeness (QED) is 0.437. The monoisotopic (exact) mass is 450 g/mol. The number of nitrogens with zero attached hydrogens (tertiary/aromatic N) is 1. The lowest BCUT2D eigenvalue weighted by atomic mass is 9.69. The molecule has 0 bridgehead atoms. The molecule has 0 radical (unpaired) electrons. The Morgan fingerprint density at radius 3 is 2.62 bits per heavy atom. The molecule has 1 aliphatic carbocycles. The maximum atomic E-state index is 13.8. The van der Waals surface area contributed by atoms with Crippen molar-refractivity contribution in [2.24, 2.45) is 5.92 Å². The molecule has 1 aromatic heterocycles. The number of benzene rings is 2. The number of nitrogens with one attached hydrogen (secondary N) is 1. The van der Waals surface area contributed by atoms with Crippen LogP contribution in [0.4, 0.5) is 10.1 Å². The fourth-order valence-corrected chi connectivity index (χ4v) is 5.41. The summed E-state index contributed by atoms with van der Waals surface area (Å²) >= 11 is 5.97. The first-order valence-electron chi connectivity index (χ1n) is 11.4. The summed E-state index contributed by atoms with van der Waals surface area (Å²) in [6.07, 6.45) is 7.29. The standard InChI is InChI=1S/C27H28ClFN2O/c1-17(18(2)31-22-6-3-20(28)4-7-22)26-16-27(32-26)12-9-19(10-13-27)23-11-14-30-25-8-5-21(29)15-24(23)25/h3-8,11,14-15,17,19,26,31H,2,9-10,12-13,16H2,1H3. The Morgan fingerprint density at radius 1 is 1.19 bits per heavy atom. The highest BCUT2D eigenvalue weighted by molar-refractivity contribution is 6.30. The van der Waals surface area contributed by atoms with Crippen molar-refractivity contribution in [2.45, 2.75) is 56.7 Å². The van der Waals surface area contributed by atoms with Crippen LogP contribution in [-0.4, -0.2) is 16.7 Å². The maximum Gasteiger partial charge on any atom is 0.123 e. The van der Waals surface area contributed by atoms with Crippen LogP contribution >= 0.6 is 11.6 Å². The Bertz CT molecular complexity index is 1130. The van der Waals surface area contributed by atoms with E-state index in [4.69, 9.17) is 16.3 Å². The van der Waals surface area contributed by atoms with Gasteiger partial charge in [0.05, 0.1) is 17.2 Å². The molecule has 1 N–H and O–H groups in total. The average Bonchev–Trinajstić information content (AvgIpc) is 2.78. The number of hydrogen-bond acceptors (Lipinski definition) is 3. The van der Waals surface area contributed by atoms with Crippen LogP contribution in [0.2, 0.25) is 5.02 Å². The van der Waals surface area contributed by atoms with Crippen molar-refractivity contribution in [3.63, 3.8) is 0 Å². The predicted molar refractivity (Wildman–Crippen MR) is 129 cm³/mol. The largest absolute Gasteiger partial charge is 0.371 e. The lowest BCUT2D eigenvalue weighted by molar-refractivity contribution is -0.233. The third-order valence-electron chi connectivity index (χ3n) is 7.30. The summed E-state index contributed by atoms with van der Waals surface area (Å²) < 4.78 is 20.3. The third kappa shape index (κ3) is 4.14. The third-order valence-corrected chi connectivity index (χ3v) is 7.56. The molecule has 2 aromatic carbocycles. The molecule has 3 aromatic rings. The highest BCUT2D eigenvalue weighted by Crippen LogP contribution is 2.51. The van der Waals surface area contributed by atoms with Gasteiger partial charge < -0.3 is 10.1 Å². The van der Waals surface area contributed by atoms with Crippen molar-refractivity contribution in [2.75, 3.05) is 5.32 Å². The lowest BCUT2D eigenvalue weighted by Gasteiger charge is -2.53. The SMILES string of the molecule is C=C(Nc1ccc(Cl)cc1)C(C)C1CC2(CCC(c3ccnc4ccc(F)cc34)CC2)O1. The minimum Gasteiger partial charge on any atom is -0.371 e. The van der Waals surface area contributed by atoms with Crippen molar-refractivity contribution in [1.82, 2.24) is 4.98 Å². The number of pyridine rings is 1. The maximum absolute atomic E-state index is 13.8. The normalized spacial score (nSPS) is 26.0. The number of ether oxygens (including phenoxy) is 1. The van der Waals surface area contributed by atoms with Gasteiger partial charge in [0, 0.05) is 40.3 Å². The molecule has 2 heterocycles. The highest BCUT2D eigenvalue weighted by atomic mass is 35.5. The Morgan fingerprint density at radius 2 is 1.91 bits per heavy atom. The minimum absolute atomic E-state index is 0.00986. The van der Waals surface area contributed by atoms with Crippen molar-refractivity contribution < 1.29 is 9.13 Å². The van der Waals surface area contributed by atoms with Crippen LogP contribution in [0.25, 0.3) is 10.9 Å². The van der Waals surface area contributed by atoms with E-state index in [0.717, 1.165) is 59.4 Å². The molecule has 1 saturated heterocycles. The zero-order chi connectivity index (χ0) is 22.3. The molecule has 2 unspecified atom stereocenters. The number of hydrogen-bond donors (Lipinski definition) is 1. The average molecular weight is 451 g/mol. The summed E-state index contributed by atoms with van der Waals surface area (Å²) in [7, 11) is 0. The molecule has 0 amide bonds. The highest BCUT2D eigenvalue weighted by Gasteiger charge is 2.49. The fourth-order valence-electron chi connectivity index (χ4n) is 5.29. The molecule has 5 heteroatoms. The molecular weight excluding hydrogens is 423 g/mol. The van der Waals surface area contributed by atoms with E-state index < -0.39 is 0 Å². The first-order chi connectivity index (χ1) is 15.4. The molecule has 2 atom stereocenters. The topological polar surface area (TPSA) is 34.2 Å². The van der Waals surface area contributed by atoms with Crippen molar-refractivity contribution in [3.05, 3.63) is 83.4 Å². The number of aromatic nitrogens is 1. The van der Waals surface area contributed by atoms with Gasteiger partial charge in [-0.25, -0.2) is 4.39 Å². The van der Waals surface area contributed by atoms with E-state index in [-0.39, 0.29) is 23.4 Å². The Hall–Kier alpha value is -2.43. The molecule has 1 saturated carbocycles. The number of anilines is 1. The van der Waals surface area contributed by atoms with Crippen LogP contribution in [0.1, 0.15) is 50.5 Å². The second-order valence-corrected chi connectivity index (χ2v) is 9.76. The molecular formula is C27H28ClFN2O. The van der Waals surface area contributed by atoms with Gasteiger partial charge in [-0.1, -0.05) is 25.1 Å². The smallest absolute Gasteiger partial charge is 0.123 e. The molecule has 32 heavy (non-hydrogen) atoms. The van der Waals surface area contributed by atoms with E-state index in [9.17, 15) is 4.39 Å². The van der Waals surface area contributed by atoms with Crippen LogP contribution in [0.5, 0.6) is 0 Å². The van der Waals surface area contributed by atoms with Crippen LogP contribution in [0, 0.1) is 11.7 Å². The molecule has 166 valence electrons. The summed E-state index contributed by atoms with van der Waals surface area (Å²) in [5, 5.41) is 5.05. The number of fused-ring (bicyclic) bond motifs is 1.